The Kier molecular flexibility index (Phi) is 5.55. The first kappa shape index (κ1) is 19.8. The number of hydrogen-bond donors (Lipinski definition) is 2. The number of alkyl halides is 2. The number of aliphatic imine (C=N–C) groups is 1. The number of aliphatic hydroxyl groups is 1. The molecule has 0 saturated carbocycles. The third-order valence-electron chi connectivity index (χ3n) is 3.96. The molecule has 142 valence electrons. The average Bonchev–Trinajstić information content (AvgIpc) is 3.13. The smallest absolute Gasteiger partial charge is 0.307 e. The van der Waals surface area contributed by atoms with Gasteiger partial charge in [-0.3, -0.25) is 14.6 Å². The van der Waals surface area contributed by atoms with Gasteiger partial charge in [0.15, 0.2) is 0 Å². The van der Waals surface area contributed by atoms with Crippen molar-refractivity contribution in [3.05, 3.63) is 50.2 Å². The van der Waals surface area contributed by atoms with Crippen LogP contribution >= 0.6 is 34.7 Å². The third-order valence-corrected chi connectivity index (χ3v) is 6.24. The summed E-state index contributed by atoms with van der Waals surface area (Å²) >= 11 is 7.25. The molecule has 0 unspecified atom stereocenters. The molecule has 0 aromatic carbocycles. The van der Waals surface area contributed by atoms with E-state index < -0.39 is 23.3 Å². The molecule has 10 heteroatoms. The van der Waals surface area contributed by atoms with Gasteiger partial charge in [-0.1, -0.05) is 11.6 Å². The molecule has 1 aromatic heterocycles. The fraction of sp³-hybridized carbons (Fsp3) is 0.235. The number of fused-ring (bicyclic) bond motifs is 1. The van der Waals surface area contributed by atoms with Gasteiger partial charge in [-0.25, -0.2) is 0 Å². The lowest BCUT2D eigenvalue weighted by Crippen LogP contribution is -2.19. The highest BCUT2D eigenvalue weighted by Crippen LogP contribution is 2.42. The highest BCUT2D eigenvalue weighted by Gasteiger charge is 2.36. The maximum atomic E-state index is 13.0. The van der Waals surface area contributed by atoms with Crippen molar-refractivity contribution >= 4 is 52.2 Å². The molecule has 0 fully saturated rings. The highest BCUT2D eigenvalue weighted by atomic mass is 35.5. The Morgan fingerprint density at radius 3 is 2.74 bits per heavy atom. The largest absolute Gasteiger partial charge is 0.506 e. The van der Waals surface area contributed by atoms with E-state index in [9.17, 15) is 23.5 Å². The number of allylic oxidation sites excluding steroid dienone is 4. The molecule has 1 aromatic rings. The summed E-state index contributed by atoms with van der Waals surface area (Å²) < 4.78 is 25.3. The Hall–Kier alpha value is -1.97. The summed E-state index contributed by atoms with van der Waals surface area (Å²) in [6.07, 6.45) is -0.288. The van der Waals surface area contributed by atoms with Crippen LogP contribution in [0.1, 0.15) is 29.4 Å². The van der Waals surface area contributed by atoms with Crippen LogP contribution in [0.4, 0.5) is 8.78 Å². The van der Waals surface area contributed by atoms with Crippen LogP contribution in [0.15, 0.2) is 54.5 Å². The lowest BCUT2D eigenvalue weighted by molar-refractivity contribution is -0.136. The van der Waals surface area contributed by atoms with Crippen LogP contribution in [0.2, 0.25) is 0 Å². The van der Waals surface area contributed by atoms with Gasteiger partial charge >= 0.3 is 5.97 Å². The van der Waals surface area contributed by atoms with Gasteiger partial charge in [-0.15, -0.1) is 11.3 Å². The fourth-order valence-electron chi connectivity index (χ4n) is 2.89. The zero-order valence-corrected chi connectivity index (χ0v) is 16.1. The Morgan fingerprint density at radius 1 is 1.41 bits per heavy atom. The molecule has 0 radical (unpaired) electrons. The van der Waals surface area contributed by atoms with Crippen LogP contribution in [0.25, 0.3) is 0 Å². The number of aliphatic carboxylic acids is 1. The zero-order valence-electron chi connectivity index (χ0n) is 13.8. The van der Waals surface area contributed by atoms with E-state index in [-0.39, 0.29) is 38.1 Å². The van der Waals surface area contributed by atoms with Crippen LogP contribution < -0.4 is 0 Å². The van der Waals surface area contributed by atoms with Crippen molar-refractivity contribution in [1.82, 2.24) is 0 Å². The molecule has 3 rings (SSSR count). The summed E-state index contributed by atoms with van der Waals surface area (Å²) in [5, 5.41) is 19.6. The molecule has 0 atom stereocenters. The van der Waals surface area contributed by atoms with E-state index in [1.165, 1.54) is 12.1 Å². The molecular weight excluding hydrogens is 420 g/mol. The van der Waals surface area contributed by atoms with Crippen LogP contribution in [-0.4, -0.2) is 33.4 Å². The van der Waals surface area contributed by atoms with Crippen LogP contribution in [0.3, 0.4) is 0 Å². The van der Waals surface area contributed by atoms with Crippen molar-refractivity contribution in [2.75, 3.05) is 0 Å². The fourth-order valence-corrected chi connectivity index (χ4v) is 4.80. The molecule has 2 heterocycles. The molecule has 2 aliphatic rings. The highest BCUT2D eigenvalue weighted by molar-refractivity contribution is 8.01. The number of halogens is 3. The van der Waals surface area contributed by atoms with Crippen molar-refractivity contribution in [3.8, 4) is 0 Å². The third kappa shape index (κ3) is 3.85. The Morgan fingerprint density at radius 2 is 2.11 bits per heavy atom. The number of thioether (sulfide) groups is 1. The standard InChI is InChI=1S/C17H12ClF2NO4S2/c1-6-7(4-11(22)23)13-9(21-6)5-8(18)15(24)14(13)16(25)10-2-3-12(26-10)27-17(19)20/h2-3,17,24H,4-5H2,1H3,(H,22,23). The van der Waals surface area contributed by atoms with E-state index in [4.69, 9.17) is 16.7 Å². The molecule has 2 N–H and O–H groups in total. The molecule has 5 nitrogen and oxygen atoms in total. The lowest BCUT2D eigenvalue weighted by atomic mass is 9.86. The summed E-state index contributed by atoms with van der Waals surface area (Å²) in [7, 11) is 0. The van der Waals surface area contributed by atoms with Crippen molar-refractivity contribution in [2.24, 2.45) is 4.99 Å². The number of carbonyl (C=O) groups excluding carboxylic acids is 1. The summed E-state index contributed by atoms with van der Waals surface area (Å²) in [4.78, 5) is 28.7. The maximum absolute atomic E-state index is 13.0. The minimum Gasteiger partial charge on any atom is -0.506 e. The number of nitrogens with zero attached hydrogens (tertiary/aromatic N) is 1. The maximum Gasteiger partial charge on any atom is 0.307 e. The van der Waals surface area contributed by atoms with E-state index >= 15 is 0 Å². The second kappa shape index (κ2) is 7.57. The topological polar surface area (TPSA) is 87.0 Å². The molecule has 1 aliphatic carbocycles. The van der Waals surface area contributed by atoms with E-state index in [0.29, 0.717) is 28.7 Å². The second-order valence-corrected chi connectivity index (χ2v) is 8.53. The number of aliphatic hydroxyl groups excluding tert-OH is 1. The first-order chi connectivity index (χ1) is 12.7. The lowest BCUT2D eigenvalue weighted by Gasteiger charge is -2.19. The number of carboxylic acid groups (broad SMARTS) is 1. The molecule has 0 spiro atoms. The van der Waals surface area contributed by atoms with Crippen LogP contribution in [-0.2, 0) is 4.79 Å². The monoisotopic (exact) mass is 431 g/mol. The van der Waals surface area contributed by atoms with Gasteiger partial charge in [-0.05, 0) is 36.4 Å². The molecule has 0 amide bonds. The molecule has 0 saturated heterocycles. The number of carboxylic acids is 1. The molecular formula is C17H12ClF2NO4S2. The number of hydrogen-bond acceptors (Lipinski definition) is 6. The normalized spacial score (nSPS) is 17.0. The summed E-state index contributed by atoms with van der Waals surface area (Å²) in [6, 6.07) is 2.79. The summed E-state index contributed by atoms with van der Waals surface area (Å²) in [5.74, 6) is -4.78. The van der Waals surface area contributed by atoms with Gasteiger partial charge in [0.1, 0.15) is 5.76 Å². The van der Waals surface area contributed by atoms with E-state index in [0.717, 1.165) is 11.3 Å². The second-order valence-electron chi connectivity index (χ2n) is 5.70. The summed E-state index contributed by atoms with van der Waals surface area (Å²) in [6.45, 7) is 1.62. The molecule has 1 aliphatic heterocycles. The number of ketones is 1. The van der Waals surface area contributed by atoms with Gasteiger partial charge in [0.2, 0.25) is 5.78 Å². The van der Waals surface area contributed by atoms with Gasteiger partial charge in [0.25, 0.3) is 5.76 Å². The number of rotatable bonds is 6. The zero-order chi connectivity index (χ0) is 19.9. The number of Topliss-reactive ketones (excluding diaryl/α,β-unsaturated/α-hetero) is 1. The Balaban J connectivity index is 2.10. The average molecular weight is 432 g/mol. The Labute approximate surface area is 165 Å². The molecule has 27 heavy (non-hydrogen) atoms. The van der Waals surface area contributed by atoms with E-state index in [2.05, 4.69) is 4.99 Å². The van der Waals surface area contributed by atoms with Gasteiger partial charge in [0, 0.05) is 17.7 Å². The predicted molar refractivity (Wildman–Crippen MR) is 100 cm³/mol. The predicted octanol–water partition coefficient (Wildman–Crippen LogP) is 5.16. The van der Waals surface area contributed by atoms with Crippen LogP contribution in [0, 0.1) is 0 Å². The number of thiophene rings is 1. The molecule has 0 bridgehead atoms. The van der Waals surface area contributed by atoms with E-state index in [1.54, 1.807) is 6.92 Å². The van der Waals surface area contributed by atoms with Gasteiger partial charge < -0.3 is 10.2 Å². The van der Waals surface area contributed by atoms with Crippen molar-refractivity contribution in [2.45, 2.75) is 29.7 Å². The minimum atomic E-state index is -2.62. The summed E-state index contributed by atoms with van der Waals surface area (Å²) in [5.41, 5.74) is 1.29. The first-order valence-corrected chi connectivity index (χ1v) is 9.68. The number of carbonyl (C=O) groups is 2. The van der Waals surface area contributed by atoms with Gasteiger partial charge in [0.05, 0.1) is 31.8 Å². The first-order valence-electron chi connectivity index (χ1n) is 7.60. The van der Waals surface area contributed by atoms with Crippen molar-refractivity contribution in [3.63, 3.8) is 0 Å². The minimum absolute atomic E-state index is 0.0176. The SMILES string of the molecule is CC1=C(CC(=O)O)C2=C(C(=O)c3ccc(SC(F)F)s3)C(O)=C(Cl)CC2=N1. The van der Waals surface area contributed by atoms with Crippen molar-refractivity contribution < 1.29 is 28.6 Å². The Bertz CT molecular complexity index is 975. The van der Waals surface area contributed by atoms with E-state index in [1.807, 2.05) is 0 Å². The van der Waals surface area contributed by atoms with Crippen LogP contribution in [0.5, 0.6) is 0 Å². The van der Waals surface area contributed by atoms with Gasteiger partial charge in [-0.2, -0.15) is 8.78 Å². The van der Waals surface area contributed by atoms with Crippen molar-refractivity contribution in [1.29, 1.82) is 0 Å². The quantitative estimate of drug-likeness (QED) is 0.480.